The number of carbonyl (C=O) groups excluding carboxylic acids is 1. The van der Waals surface area contributed by atoms with E-state index in [2.05, 4.69) is 10.3 Å². The van der Waals surface area contributed by atoms with Crippen LogP contribution in [0.15, 0.2) is 71.9 Å². The van der Waals surface area contributed by atoms with Crippen LogP contribution >= 0.6 is 11.8 Å². The molecule has 1 amide bonds. The lowest BCUT2D eigenvalue weighted by molar-refractivity contribution is -0.137. The Balaban J connectivity index is 1.58. The lowest BCUT2D eigenvalue weighted by atomic mass is 10.1. The van der Waals surface area contributed by atoms with E-state index in [9.17, 15) is 18.0 Å². The van der Waals surface area contributed by atoms with Crippen LogP contribution in [0.5, 0.6) is 0 Å². The highest BCUT2D eigenvalue weighted by atomic mass is 32.2. The van der Waals surface area contributed by atoms with Gasteiger partial charge in [0.15, 0.2) is 0 Å². The molecule has 0 saturated carbocycles. The Morgan fingerprint density at radius 1 is 1.04 bits per heavy atom. The third kappa shape index (κ3) is 5.04. The number of pyridine rings is 1. The summed E-state index contributed by atoms with van der Waals surface area (Å²) in [5.74, 6) is 0.243. The second-order valence-electron chi connectivity index (χ2n) is 5.91. The van der Waals surface area contributed by atoms with Gasteiger partial charge in [-0.05, 0) is 42.0 Å². The van der Waals surface area contributed by atoms with Crippen molar-refractivity contribution in [2.45, 2.75) is 17.0 Å². The van der Waals surface area contributed by atoms with Gasteiger partial charge in [-0.3, -0.25) is 4.79 Å². The molecule has 3 rings (SSSR count). The van der Waals surface area contributed by atoms with Gasteiger partial charge in [0.05, 0.1) is 22.0 Å². The number of carbonyl (C=O) groups is 1. The lowest BCUT2D eigenvalue weighted by Gasteiger charge is -2.09. The van der Waals surface area contributed by atoms with E-state index < -0.39 is 11.7 Å². The molecule has 0 spiro atoms. The van der Waals surface area contributed by atoms with Crippen molar-refractivity contribution in [3.05, 3.63) is 83.6 Å². The first-order valence-corrected chi connectivity index (χ1v) is 9.22. The molecule has 0 atom stereocenters. The molecular formula is C20H16F3N3OS. The van der Waals surface area contributed by atoms with Gasteiger partial charge < -0.3 is 11.1 Å². The average Bonchev–Trinajstić information content (AvgIpc) is 2.68. The van der Waals surface area contributed by atoms with E-state index in [1.807, 2.05) is 0 Å². The van der Waals surface area contributed by atoms with Crippen LogP contribution in [-0.2, 0) is 11.9 Å². The molecule has 0 aliphatic rings. The van der Waals surface area contributed by atoms with E-state index in [-0.39, 0.29) is 5.91 Å². The van der Waals surface area contributed by atoms with Gasteiger partial charge in [0.1, 0.15) is 0 Å². The van der Waals surface area contributed by atoms with Crippen molar-refractivity contribution in [2.75, 3.05) is 11.1 Å². The summed E-state index contributed by atoms with van der Waals surface area (Å²) >= 11 is 1.32. The van der Waals surface area contributed by atoms with Crippen LogP contribution in [0.25, 0.3) is 0 Å². The average molecular weight is 403 g/mol. The second-order valence-corrected chi connectivity index (χ2v) is 6.91. The fourth-order valence-electron chi connectivity index (χ4n) is 2.35. The lowest BCUT2D eigenvalue weighted by Crippen LogP contribution is -2.13. The van der Waals surface area contributed by atoms with Crippen LogP contribution in [0, 0.1) is 0 Å². The number of aromatic nitrogens is 1. The number of nitrogen functional groups attached to an aromatic ring is 1. The van der Waals surface area contributed by atoms with Gasteiger partial charge in [0.25, 0.3) is 5.91 Å². The molecule has 4 nitrogen and oxygen atoms in total. The molecule has 0 fully saturated rings. The maximum atomic E-state index is 12.5. The molecular weight excluding hydrogens is 387 g/mol. The third-order valence-corrected chi connectivity index (χ3v) is 4.89. The summed E-state index contributed by atoms with van der Waals surface area (Å²) in [7, 11) is 0. The number of para-hydroxylation sites is 2. The van der Waals surface area contributed by atoms with Crippen molar-refractivity contribution in [3.8, 4) is 0 Å². The molecule has 144 valence electrons. The van der Waals surface area contributed by atoms with Crippen molar-refractivity contribution in [1.29, 1.82) is 0 Å². The quantitative estimate of drug-likeness (QED) is 0.452. The highest BCUT2D eigenvalue weighted by molar-refractivity contribution is 7.98. The van der Waals surface area contributed by atoms with Crippen molar-refractivity contribution in [3.63, 3.8) is 0 Å². The van der Waals surface area contributed by atoms with Crippen molar-refractivity contribution in [1.82, 2.24) is 4.98 Å². The Bertz CT molecular complexity index is 958. The highest BCUT2D eigenvalue weighted by Crippen LogP contribution is 2.30. The minimum Gasteiger partial charge on any atom is -0.397 e. The van der Waals surface area contributed by atoms with Gasteiger partial charge in [-0.15, -0.1) is 11.8 Å². The smallest absolute Gasteiger partial charge is 0.397 e. The van der Waals surface area contributed by atoms with E-state index in [0.717, 1.165) is 17.8 Å². The Kier molecular flexibility index (Phi) is 5.89. The first kappa shape index (κ1) is 19.8. The monoisotopic (exact) mass is 403 g/mol. The van der Waals surface area contributed by atoms with E-state index >= 15 is 0 Å². The molecule has 0 aliphatic heterocycles. The molecule has 0 saturated heterocycles. The molecule has 0 unspecified atom stereocenters. The molecule has 0 radical (unpaired) electrons. The van der Waals surface area contributed by atoms with Crippen LogP contribution in [0.4, 0.5) is 24.5 Å². The summed E-state index contributed by atoms with van der Waals surface area (Å²) in [4.78, 5) is 16.1. The van der Waals surface area contributed by atoms with E-state index in [0.29, 0.717) is 27.7 Å². The maximum Gasteiger partial charge on any atom is 0.417 e. The first-order valence-electron chi connectivity index (χ1n) is 8.24. The minimum atomic E-state index is -4.39. The molecule has 1 aromatic heterocycles. The zero-order chi connectivity index (χ0) is 20.1. The predicted molar refractivity (Wildman–Crippen MR) is 104 cm³/mol. The van der Waals surface area contributed by atoms with Gasteiger partial charge in [0.2, 0.25) is 0 Å². The third-order valence-electron chi connectivity index (χ3n) is 3.88. The Morgan fingerprint density at radius 3 is 2.36 bits per heavy atom. The van der Waals surface area contributed by atoms with Gasteiger partial charge in [0, 0.05) is 17.5 Å². The number of alkyl halides is 3. The van der Waals surface area contributed by atoms with Crippen molar-refractivity contribution < 1.29 is 18.0 Å². The number of halogens is 3. The van der Waals surface area contributed by atoms with Gasteiger partial charge in [-0.2, -0.15) is 13.2 Å². The van der Waals surface area contributed by atoms with Crippen molar-refractivity contribution in [2.24, 2.45) is 0 Å². The predicted octanol–water partition coefficient (Wildman–Crippen LogP) is 5.23. The number of hydrogen-bond acceptors (Lipinski definition) is 4. The standard InChI is InChI=1S/C20H16F3N3OS/c21-20(22,23)15-9-10-18(25-11-15)28-12-13-5-7-14(8-6-13)19(27)26-17-4-2-1-3-16(17)24/h1-11H,12,24H2,(H,26,27). The van der Waals surface area contributed by atoms with Crippen LogP contribution < -0.4 is 11.1 Å². The molecule has 3 aromatic rings. The van der Waals surface area contributed by atoms with Crippen LogP contribution in [0.1, 0.15) is 21.5 Å². The summed E-state index contributed by atoms with van der Waals surface area (Å²) in [5.41, 5.74) is 7.46. The number of rotatable bonds is 5. The fraction of sp³-hybridized carbons (Fsp3) is 0.100. The zero-order valence-corrected chi connectivity index (χ0v) is 15.3. The number of nitrogens with two attached hydrogens (primary N) is 1. The largest absolute Gasteiger partial charge is 0.417 e. The zero-order valence-electron chi connectivity index (χ0n) is 14.5. The summed E-state index contributed by atoms with van der Waals surface area (Å²) in [6.07, 6.45) is -3.57. The van der Waals surface area contributed by atoms with Gasteiger partial charge in [-0.25, -0.2) is 4.98 Å². The number of amides is 1. The van der Waals surface area contributed by atoms with Crippen molar-refractivity contribution >= 4 is 29.0 Å². The second kappa shape index (κ2) is 8.35. The summed E-state index contributed by atoms with van der Waals surface area (Å²) in [6.45, 7) is 0. The van der Waals surface area contributed by atoms with Crippen LogP contribution in [0.2, 0.25) is 0 Å². The highest BCUT2D eigenvalue weighted by Gasteiger charge is 2.30. The normalized spacial score (nSPS) is 11.2. The van der Waals surface area contributed by atoms with Gasteiger partial charge >= 0.3 is 6.18 Å². The van der Waals surface area contributed by atoms with Crippen LogP contribution in [-0.4, -0.2) is 10.9 Å². The Labute approximate surface area is 164 Å². The number of anilines is 2. The topological polar surface area (TPSA) is 68.0 Å². The minimum absolute atomic E-state index is 0.276. The number of thioether (sulfide) groups is 1. The maximum absolute atomic E-state index is 12.5. The summed E-state index contributed by atoms with van der Waals surface area (Å²) in [5, 5.41) is 3.24. The number of hydrogen-bond donors (Lipinski definition) is 2. The first-order chi connectivity index (χ1) is 13.3. The SMILES string of the molecule is Nc1ccccc1NC(=O)c1ccc(CSc2ccc(C(F)(F)F)cn2)cc1. The van der Waals surface area contributed by atoms with E-state index in [1.54, 1.807) is 48.5 Å². The molecule has 28 heavy (non-hydrogen) atoms. The molecule has 0 bridgehead atoms. The molecule has 3 N–H and O–H groups in total. The Hall–Kier alpha value is -3.00. The molecule has 8 heteroatoms. The fourth-order valence-corrected chi connectivity index (χ4v) is 3.15. The molecule has 2 aromatic carbocycles. The summed E-state index contributed by atoms with van der Waals surface area (Å²) < 4.78 is 37.6. The number of nitrogens with one attached hydrogen (secondary N) is 1. The van der Waals surface area contributed by atoms with E-state index in [4.69, 9.17) is 5.73 Å². The van der Waals surface area contributed by atoms with E-state index in [1.165, 1.54) is 17.8 Å². The number of benzene rings is 2. The van der Waals surface area contributed by atoms with Crippen LogP contribution in [0.3, 0.4) is 0 Å². The number of nitrogens with zero attached hydrogens (tertiary/aromatic N) is 1. The van der Waals surface area contributed by atoms with Gasteiger partial charge in [-0.1, -0.05) is 24.3 Å². The molecule has 0 aliphatic carbocycles. The Morgan fingerprint density at radius 2 is 1.75 bits per heavy atom. The molecule has 1 heterocycles. The summed E-state index contributed by atoms with van der Waals surface area (Å²) in [6, 6.07) is 16.3.